The van der Waals surface area contributed by atoms with E-state index < -0.39 is 6.10 Å². The molecule has 0 aliphatic heterocycles. The Morgan fingerprint density at radius 2 is 2.11 bits per heavy atom. The number of aliphatic hydroxyl groups is 1. The maximum Gasteiger partial charge on any atom is 0.172 e. The number of halogens is 2. The molecule has 0 spiro atoms. The normalized spacial score (nSPS) is 12.2. The van der Waals surface area contributed by atoms with E-state index in [0.717, 1.165) is 0 Å². The third kappa shape index (κ3) is 3.59. The molecule has 0 saturated heterocycles. The average Bonchev–Trinajstić information content (AvgIpc) is 2.41. The number of ether oxygens (including phenoxy) is 1. The third-order valence-corrected chi connectivity index (χ3v) is 3.30. The number of phenolic OH excluding ortho intramolecular Hbond substituents is 1. The molecule has 1 unspecified atom stereocenters. The van der Waals surface area contributed by atoms with Crippen LogP contribution in [-0.4, -0.2) is 21.8 Å². The van der Waals surface area contributed by atoms with Crippen LogP contribution in [0.4, 0.5) is 0 Å². The first-order chi connectivity index (χ1) is 9.08. The molecule has 2 N–H and O–H groups in total. The Hall–Kier alpha value is -1.30. The van der Waals surface area contributed by atoms with E-state index in [0.29, 0.717) is 20.9 Å². The monoisotopic (exact) mass is 343 g/mol. The zero-order chi connectivity index (χ0) is 13.8. The fourth-order valence-corrected chi connectivity index (χ4v) is 1.91. The Balaban J connectivity index is 2.02. The van der Waals surface area contributed by atoms with E-state index in [2.05, 4.69) is 20.9 Å². The highest BCUT2D eigenvalue weighted by molar-refractivity contribution is 9.10. The molecule has 0 amide bonds. The second kappa shape index (κ2) is 6.23. The summed E-state index contributed by atoms with van der Waals surface area (Å²) >= 11 is 8.90. The van der Waals surface area contributed by atoms with Crippen molar-refractivity contribution in [3.05, 3.63) is 51.7 Å². The van der Waals surface area contributed by atoms with Gasteiger partial charge in [-0.1, -0.05) is 17.7 Å². The van der Waals surface area contributed by atoms with Crippen LogP contribution in [0.15, 0.2) is 41.0 Å². The van der Waals surface area contributed by atoms with Gasteiger partial charge in [0.2, 0.25) is 0 Å². The van der Waals surface area contributed by atoms with E-state index in [1.54, 1.807) is 30.3 Å². The van der Waals surface area contributed by atoms with Crippen molar-refractivity contribution in [2.75, 3.05) is 6.61 Å². The smallest absolute Gasteiger partial charge is 0.172 e. The molecule has 2 aromatic rings. The highest BCUT2D eigenvalue weighted by atomic mass is 79.9. The molecule has 1 heterocycles. The van der Waals surface area contributed by atoms with E-state index in [1.165, 1.54) is 6.20 Å². The number of phenols is 1. The van der Waals surface area contributed by atoms with Gasteiger partial charge in [-0.2, -0.15) is 0 Å². The number of pyridine rings is 1. The van der Waals surface area contributed by atoms with Gasteiger partial charge >= 0.3 is 0 Å². The number of aliphatic hydroxyl groups excluding tert-OH is 1. The Morgan fingerprint density at radius 1 is 1.32 bits per heavy atom. The van der Waals surface area contributed by atoms with Gasteiger partial charge < -0.3 is 14.9 Å². The summed E-state index contributed by atoms with van der Waals surface area (Å²) in [5.74, 6) is 0.293. The minimum absolute atomic E-state index is 0.00114. The van der Waals surface area contributed by atoms with E-state index in [4.69, 9.17) is 16.3 Å². The van der Waals surface area contributed by atoms with Gasteiger partial charge in [-0.25, -0.2) is 0 Å². The van der Waals surface area contributed by atoms with Crippen molar-refractivity contribution in [3.63, 3.8) is 0 Å². The van der Waals surface area contributed by atoms with Gasteiger partial charge in [0.15, 0.2) is 11.5 Å². The largest absolute Gasteiger partial charge is 0.503 e. The number of nitrogens with zero attached hydrogens (tertiary/aromatic N) is 1. The molecule has 0 fully saturated rings. The van der Waals surface area contributed by atoms with E-state index >= 15 is 0 Å². The number of hydrogen-bond acceptors (Lipinski definition) is 4. The number of rotatable bonds is 4. The second-order valence-electron chi connectivity index (χ2n) is 3.81. The van der Waals surface area contributed by atoms with Crippen molar-refractivity contribution >= 4 is 27.5 Å². The summed E-state index contributed by atoms with van der Waals surface area (Å²) in [5.41, 5.74) is 0.457. The van der Waals surface area contributed by atoms with Crippen LogP contribution in [0.2, 0.25) is 5.02 Å². The van der Waals surface area contributed by atoms with Gasteiger partial charge in [0.05, 0.1) is 15.2 Å². The molecule has 1 aromatic heterocycles. The lowest BCUT2D eigenvalue weighted by molar-refractivity contribution is 0.103. The summed E-state index contributed by atoms with van der Waals surface area (Å²) in [6, 6.07) is 8.30. The molecule has 4 nitrogen and oxygen atoms in total. The number of aromatic nitrogens is 1. The highest BCUT2D eigenvalue weighted by Gasteiger charge is 2.12. The molecule has 6 heteroatoms. The maximum absolute atomic E-state index is 9.91. The summed E-state index contributed by atoms with van der Waals surface area (Å²) in [7, 11) is 0. The lowest BCUT2D eigenvalue weighted by atomic mass is 10.2. The van der Waals surface area contributed by atoms with Crippen LogP contribution in [0.1, 0.15) is 11.8 Å². The van der Waals surface area contributed by atoms with Crippen LogP contribution in [-0.2, 0) is 0 Å². The van der Waals surface area contributed by atoms with Crippen LogP contribution >= 0.6 is 27.5 Å². The maximum atomic E-state index is 9.91. The summed E-state index contributed by atoms with van der Waals surface area (Å²) in [6.07, 6.45) is 0.562. The first-order valence-electron chi connectivity index (χ1n) is 5.47. The molecule has 100 valence electrons. The van der Waals surface area contributed by atoms with Crippen LogP contribution < -0.4 is 4.74 Å². The minimum atomic E-state index is -0.893. The number of hydrogen-bond donors (Lipinski definition) is 2. The van der Waals surface area contributed by atoms with E-state index in [1.807, 2.05) is 0 Å². The number of aromatic hydroxyl groups is 1. The Morgan fingerprint density at radius 3 is 2.79 bits per heavy atom. The van der Waals surface area contributed by atoms with E-state index in [9.17, 15) is 10.2 Å². The van der Waals surface area contributed by atoms with Crippen molar-refractivity contribution in [2.24, 2.45) is 0 Å². The number of benzene rings is 1. The lowest BCUT2D eigenvalue weighted by Gasteiger charge is -2.13. The van der Waals surface area contributed by atoms with Crippen molar-refractivity contribution in [2.45, 2.75) is 6.10 Å². The molecular weight excluding hydrogens is 334 g/mol. The standard InChI is InChI=1S/C13H11BrClNO3/c14-9-2-1-3-12(13(9)18)19-7-11(17)10-5-4-8(15)6-16-10/h1-6,11,17-18H,7H2. The quantitative estimate of drug-likeness (QED) is 0.893. The summed E-state index contributed by atoms with van der Waals surface area (Å²) in [4.78, 5) is 4.00. The Bertz CT molecular complexity index is 562. The fourth-order valence-electron chi connectivity index (χ4n) is 1.45. The highest BCUT2D eigenvalue weighted by Crippen LogP contribution is 2.33. The topological polar surface area (TPSA) is 62.6 Å². The summed E-state index contributed by atoms with van der Waals surface area (Å²) < 4.78 is 5.89. The average molecular weight is 345 g/mol. The van der Waals surface area contributed by atoms with Crippen LogP contribution in [0.5, 0.6) is 11.5 Å². The van der Waals surface area contributed by atoms with Gasteiger partial charge in [-0.05, 0) is 40.2 Å². The SMILES string of the molecule is Oc1c(Br)cccc1OCC(O)c1ccc(Cl)cn1. The van der Waals surface area contributed by atoms with Gasteiger partial charge in [0.25, 0.3) is 0 Å². The molecule has 1 atom stereocenters. The molecule has 19 heavy (non-hydrogen) atoms. The molecular formula is C13H11BrClNO3. The van der Waals surface area contributed by atoms with E-state index in [-0.39, 0.29) is 12.4 Å². The second-order valence-corrected chi connectivity index (χ2v) is 5.11. The Labute approximate surface area is 123 Å². The minimum Gasteiger partial charge on any atom is -0.503 e. The van der Waals surface area contributed by atoms with Crippen molar-refractivity contribution < 1.29 is 14.9 Å². The molecule has 2 rings (SSSR count). The zero-order valence-electron chi connectivity index (χ0n) is 9.75. The van der Waals surface area contributed by atoms with Gasteiger partial charge in [-0.15, -0.1) is 0 Å². The van der Waals surface area contributed by atoms with Crippen LogP contribution in [0.25, 0.3) is 0 Å². The molecule has 0 aliphatic carbocycles. The summed E-state index contributed by atoms with van der Waals surface area (Å²) in [5, 5.41) is 20.1. The van der Waals surface area contributed by atoms with Crippen molar-refractivity contribution in [1.29, 1.82) is 0 Å². The Kier molecular flexibility index (Phi) is 4.63. The van der Waals surface area contributed by atoms with Gasteiger partial charge in [0, 0.05) is 6.20 Å². The lowest BCUT2D eigenvalue weighted by Crippen LogP contribution is -2.11. The third-order valence-electron chi connectivity index (χ3n) is 2.44. The molecule has 0 bridgehead atoms. The molecule has 1 aromatic carbocycles. The molecule has 0 radical (unpaired) electrons. The fraction of sp³-hybridized carbons (Fsp3) is 0.154. The first-order valence-corrected chi connectivity index (χ1v) is 6.65. The van der Waals surface area contributed by atoms with Crippen LogP contribution in [0.3, 0.4) is 0 Å². The van der Waals surface area contributed by atoms with Crippen molar-refractivity contribution in [3.8, 4) is 11.5 Å². The van der Waals surface area contributed by atoms with Gasteiger partial charge in [-0.3, -0.25) is 4.98 Å². The number of para-hydroxylation sites is 1. The van der Waals surface area contributed by atoms with Crippen molar-refractivity contribution in [1.82, 2.24) is 4.98 Å². The predicted molar refractivity (Wildman–Crippen MR) is 75.5 cm³/mol. The summed E-state index contributed by atoms with van der Waals surface area (Å²) in [6.45, 7) is -0.0152. The molecule has 0 aliphatic rings. The molecule has 0 saturated carbocycles. The first kappa shape index (κ1) is 14.1. The van der Waals surface area contributed by atoms with Crippen LogP contribution in [0, 0.1) is 0 Å². The predicted octanol–water partition coefficient (Wildman–Crippen LogP) is 3.32. The zero-order valence-corrected chi connectivity index (χ0v) is 12.1. The van der Waals surface area contributed by atoms with Gasteiger partial charge in [0.1, 0.15) is 12.7 Å².